The van der Waals surface area contributed by atoms with E-state index in [2.05, 4.69) is 135 Å². The molecule has 0 saturated carbocycles. The second-order valence-corrected chi connectivity index (χ2v) is 28.8. The summed E-state index contributed by atoms with van der Waals surface area (Å²) in [6, 6.07) is 0. The summed E-state index contributed by atoms with van der Waals surface area (Å²) in [5.74, 6) is -0.880. The van der Waals surface area contributed by atoms with Gasteiger partial charge in [-0.1, -0.05) is 367 Å². The molecule has 0 rings (SSSR count). The molecule has 0 N–H and O–H groups in total. The zero-order valence-electron chi connectivity index (χ0n) is 61.9. The van der Waals surface area contributed by atoms with Crippen molar-refractivity contribution in [2.75, 3.05) is 47.5 Å². The molecule has 0 spiro atoms. The Balaban J connectivity index is 4.05. The number of rotatable bonds is 72. The number of carbonyl (C=O) groups is 2. The van der Waals surface area contributed by atoms with Crippen LogP contribution in [0, 0.1) is 0 Å². The van der Waals surface area contributed by atoms with Crippen molar-refractivity contribution >= 4 is 19.8 Å². The molecule has 0 amide bonds. The number of esters is 2. The van der Waals surface area contributed by atoms with Crippen LogP contribution in [0.25, 0.3) is 0 Å². The Morgan fingerprint density at radius 1 is 0.340 bits per heavy atom. The first-order valence-electron chi connectivity index (χ1n) is 39.2. The number of hydrogen-bond acceptors (Lipinski definition) is 8. The summed E-state index contributed by atoms with van der Waals surface area (Å²) in [5, 5.41) is 0. The molecule has 0 fully saturated rings. The fraction of sp³-hybridized carbons (Fsp3) is 0.738. The molecule has 2 atom stereocenters. The Bertz CT molecular complexity index is 2010. The number of carbonyl (C=O) groups excluding carboxylic acids is 2. The van der Waals surface area contributed by atoms with Crippen molar-refractivity contribution in [3.05, 3.63) is 122 Å². The van der Waals surface area contributed by atoms with Crippen molar-refractivity contribution in [2.45, 2.75) is 354 Å². The van der Waals surface area contributed by atoms with Crippen LogP contribution in [-0.4, -0.2) is 70.0 Å². The minimum absolute atomic E-state index is 0.0443. The van der Waals surface area contributed by atoms with E-state index in [4.69, 9.17) is 18.5 Å². The summed E-state index contributed by atoms with van der Waals surface area (Å²) in [6.07, 6.45) is 106. The number of likely N-dealkylation sites (N-methyl/N-ethyl adjacent to an activating group) is 1. The normalized spacial score (nSPS) is 13.7. The van der Waals surface area contributed by atoms with Gasteiger partial charge in [0.1, 0.15) is 19.8 Å². The van der Waals surface area contributed by atoms with Gasteiger partial charge in [0, 0.05) is 12.8 Å². The molecule has 0 aliphatic rings. The van der Waals surface area contributed by atoms with Crippen molar-refractivity contribution in [2.24, 2.45) is 0 Å². The molecular weight excluding hydrogens is 1180 g/mol. The maximum absolute atomic E-state index is 12.9. The fourth-order valence-electron chi connectivity index (χ4n) is 11.0. The van der Waals surface area contributed by atoms with Gasteiger partial charge in [-0.05, 0) is 89.9 Å². The van der Waals surface area contributed by atoms with Gasteiger partial charge in [-0.2, -0.15) is 0 Å². The highest BCUT2D eigenvalue weighted by molar-refractivity contribution is 7.45. The van der Waals surface area contributed by atoms with Crippen molar-refractivity contribution in [1.29, 1.82) is 0 Å². The van der Waals surface area contributed by atoms with Crippen molar-refractivity contribution in [3.63, 3.8) is 0 Å². The molecule has 0 aliphatic carbocycles. The summed E-state index contributed by atoms with van der Waals surface area (Å²) in [5.41, 5.74) is 0. The number of phosphoric acid groups is 1. The lowest BCUT2D eigenvalue weighted by Gasteiger charge is -2.28. The summed E-state index contributed by atoms with van der Waals surface area (Å²) in [4.78, 5) is 38.1. The van der Waals surface area contributed by atoms with Crippen molar-refractivity contribution < 1.29 is 42.1 Å². The van der Waals surface area contributed by atoms with Gasteiger partial charge in [0.15, 0.2) is 6.10 Å². The Kier molecular flexibility index (Phi) is 70.8. The van der Waals surface area contributed by atoms with Gasteiger partial charge in [0.05, 0.1) is 27.7 Å². The van der Waals surface area contributed by atoms with E-state index in [0.717, 1.165) is 96.3 Å². The molecule has 10 heteroatoms. The van der Waals surface area contributed by atoms with Gasteiger partial charge in [0.2, 0.25) is 0 Å². The van der Waals surface area contributed by atoms with E-state index in [9.17, 15) is 19.0 Å². The van der Waals surface area contributed by atoms with Crippen LogP contribution in [0.4, 0.5) is 0 Å². The number of unbranched alkanes of at least 4 members (excludes halogenated alkanes) is 38. The smallest absolute Gasteiger partial charge is 0.306 e. The second-order valence-electron chi connectivity index (χ2n) is 27.4. The Morgan fingerprint density at radius 2 is 0.606 bits per heavy atom. The van der Waals surface area contributed by atoms with Crippen molar-refractivity contribution in [3.8, 4) is 0 Å². The van der Waals surface area contributed by atoms with Crippen molar-refractivity contribution in [1.82, 2.24) is 0 Å². The summed E-state index contributed by atoms with van der Waals surface area (Å²) in [6.45, 7) is 4.11. The number of nitrogens with zero attached hydrogens (tertiary/aromatic N) is 1. The lowest BCUT2D eigenvalue weighted by Crippen LogP contribution is -2.37. The highest BCUT2D eigenvalue weighted by Crippen LogP contribution is 2.38. The molecule has 9 nitrogen and oxygen atoms in total. The molecule has 0 aromatic rings. The standard InChI is InChI=1S/C84H148NO8P/c1-6-8-10-12-14-16-18-20-22-24-26-28-30-32-34-36-38-40-41-42-43-45-46-48-50-52-54-56-58-60-62-64-66-68-70-72-74-76-83(86)90-80-82(81-92-94(88,89)91-79-78-85(3,4)5)93-84(87)77-75-73-71-69-67-65-63-61-59-57-55-53-51-49-47-44-39-37-35-33-31-29-27-25-23-21-19-17-15-13-11-9-7-2/h9,11,15,17,21,23,27,29,33,35,39,44,49,51,55,57,61,63,67,69,82H,6-8,10,12-14,16,18-20,22,24-26,28,30-32,34,36-38,40-43,45-48,50,52-54,56,58-60,62,64-66,68,70-81H2,1-5H3/b11-9-,17-15-,23-21-,29-27-,35-33-,44-39-,51-49-,57-55-,63-61-,69-67-. The lowest BCUT2D eigenvalue weighted by atomic mass is 10.0. The average Bonchev–Trinajstić information content (AvgIpc) is 1.56. The van der Waals surface area contributed by atoms with Gasteiger partial charge in [0.25, 0.3) is 7.82 Å². The summed E-state index contributed by atoms with van der Waals surface area (Å²) in [7, 11) is 1.13. The zero-order valence-corrected chi connectivity index (χ0v) is 62.8. The molecule has 0 aromatic carbocycles. The topological polar surface area (TPSA) is 111 Å². The Hall–Kier alpha value is -3.59. The van der Waals surface area contributed by atoms with Gasteiger partial charge in [-0.3, -0.25) is 14.2 Å². The molecule has 2 unspecified atom stereocenters. The number of phosphoric ester groups is 1. The molecule has 0 heterocycles. The monoisotopic (exact) mass is 1330 g/mol. The molecule has 542 valence electrons. The zero-order chi connectivity index (χ0) is 68.3. The molecular formula is C84H148NO8P. The summed E-state index contributed by atoms with van der Waals surface area (Å²) < 4.78 is 34.3. The van der Waals surface area contributed by atoms with Crippen LogP contribution in [0.5, 0.6) is 0 Å². The predicted octanol–water partition coefficient (Wildman–Crippen LogP) is 25.5. The second kappa shape index (κ2) is 73.7. The van der Waals surface area contributed by atoms with Crippen LogP contribution >= 0.6 is 7.82 Å². The summed E-state index contributed by atoms with van der Waals surface area (Å²) >= 11 is 0. The van der Waals surface area contributed by atoms with Gasteiger partial charge < -0.3 is 27.9 Å². The first-order chi connectivity index (χ1) is 46.0. The van der Waals surface area contributed by atoms with E-state index in [1.807, 2.05) is 21.1 Å². The SMILES string of the molecule is CC/C=C\C/C=C\C/C=C\C/C=C\C/C=C\C/C=C\C/C=C\C/C=C\C/C=C\C/C=C\CCCCC(=O)OC(COC(=O)CCCCCCCCCCCCCCCCCCCCCCCCCCCCCCCCCCCCCCC)COP(=O)([O-])OCC[N+](C)(C)C. The van der Waals surface area contributed by atoms with E-state index >= 15 is 0 Å². The maximum Gasteiger partial charge on any atom is 0.306 e. The van der Waals surface area contributed by atoms with E-state index in [1.54, 1.807) is 0 Å². The third kappa shape index (κ3) is 77.4. The first kappa shape index (κ1) is 90.4. The fourth-order valence-corrected chi connectivity index (χ4v) is 11.8. The average molecular weight is 1330 g/mol. The highest BCUT2D eigenvalue weighted by atomic mass is 31.2. The van der Waals surface area contributed by atoms with Crippen LogP contribution in [0.1, 0.15) is 348 Å². The minimum Gasteiger partial charge on any atom is -0.756 e. The number of hydrogen-bond donors (Lipinski definition) is 0. The Morgan fingerprint density at radius 3 is 0.904 bits per heavy atom. The van der Waals surface area contributed by atoms with E-state index < -0.39 is 32.5 Å². The highest BCUT2D eigenvalue weighted by Gasteiger charge is 2.22. The largest absolute Gasteiger partial charge is 0.756 e. The van der Waals surface area contributed by atoms with Crippen LogP contribution < -0.4 is 4.89 Å². The molecule has 0 aliphatic heterocycles. The molecule has 0 aromatic heterocycles. The quantitative estimate of drug-likeness (QED) is 0.0195. The van der Waals surface area contributed by atoms with Gasteiger partial charge in [-0.15, -0.1) is 0 Å². The van der Waals surface area contributed by atoms with Crippen LogP contribution in [0.3, 0.4) is 0 Å². The minimum atomic E-state index is -4.66. The molecule has 0 saturated heterocycles. The van der Waals surface area contributed by atoms with Gasteiger partial charge in [-0.25, -0.2) is 0 Å². The lowest BCUT2D eigenvalue weighted by molar-refractivity contribution is -0.870. The van der Waals surface area contributed by atoms with Gasteiger partial charge >= 0.3 is 11.9 Å². The first-order valence-corrected chi connectivity index (χ1v) is 40.7. The molecule has 0 bridgehead atoms. The van der Waals surface area contributed by atoms with E-state index in [1.165, 1.54) is 218 Å². The third-order valence-corrected chi connectivity index (χ3v) is 18.0. The number of ether oxygens (including phenoxy) is 2. The van der Waals surface area contributed by atoms with E-state index in [-0.39, 0.29) is 26.1 Å². The predicted molar refractivity (Wildman–Crippen MR) is 406 cm³/mol. The Labute approximate surface area is 581 Å². The maximum atomic E-state index is 12.9. The van der Waals surface area contributed by atoms with Crippen LogP contribution in [0.2, 0.25) is 0 Å². The molecule has 0 radical (unpaired) electrons. The molecule has 94 heavy (non-hydrogen) atoms. The third-order valence-electron chi connectivity index (χ3n) is 17.0. The number of allylic oxidation sites excluding steroid dienone is 20. The van der Waals surface area contributed by atoms with E-state index in [0.29, 0.717) is 17.4 Å². The van der Waals surface area contributed by atoms with Crippen LogP contribution in [-0.2, 0) is 32.7 Å². The number of quaternary nitrogens is 1. The van der Waals surface area contributed by atoms with Crippen LogP contribution in [0.15, 0.2) is 122 Å².